The summed E-state index contributed by atoms with van der Waals surface area (Å²) in [6.07, 6.45) is 0. The number of amides is 2. The van der Waals surface area contributed by atoms with E-state index in [1.807, 2.05) is 18.2 Å². The number of carbonyl (C=O) groups is 1. The molecule has 4 rings (SSSR count). The minimum absolute atomic E-state index is 0.0205. The number of halogens is 2. The number of guanidine groups is 1. The number of aromatic nitrogens is 1. The highest BCUT2D eigenvalue weighted by atomic mass is 35.5. The number of rotatable bonds is 3. The third-order valence-corrected chi connectivity index (χ3v) is 5.44. The minimum atomic E-state index is -0.204. The Kier molecular flexibility index (Phi) is 5.25. The van der Waals surface area contributed by atoms with E-state index in [0.717, 1.165) is 22.2 Å². The monoisotopic (exact) mass is 430 g/mol. The molecule has 7 nitrogen and oxygen atoms in total. The Hall–Kier alpha value is -2.90. The van der Waals surface area contributed by atoms with Crippen LogP contribution in [0, 0.1) is 0 Å². The van der Waals surface area contributed by atoms with E-state index in [-0.39, 0.29) is 17.9 Å². The number of aliphatic imine (C=N–C) groups is 1. The van der Waals surface area contributed by atoms with Gasteiger partial charge in [0.1, 0.15) is 0 Å². The Morgan fingerprint density at radius 1 is 1.17 bits per heavy atom. The number of hydrogen-bond donors (Lipinski definition) is 4. The molecular formula is C20H20Cl2N6O. The molecule has 1 atom stereocenters. The third kappa shape index (κ3) is 4.11. The number of fused-ring (bicyclic) bond motifs is 3. The van der Waals surface area contributed by atoms with Crippen molar-refractivity contribution in [2.45, 2.75) is 12.5 Å². The average molecular weight is 431 g/mol. The molecule has 150 valence electrons. The average Bonchev–Trinajstić information content (AvgIpc) is 3.05. The van der Waals surface area contributed by atoms with Crippen molar-refractivity contribution in [3.63, 3.8) is 0 Å². The quantitative estimate of drug-likeness (QED) is 0.373. The summed E-state index contributed by atoms with van der Waals surface area (Å²) in [5, 5.41) is 5.20. The molecule has 1 aromatic heterocycles. The Bertz CT molecular complexity index is 1090. The second-order valence-corrected chi connectivity index (χ2v) is 7.86. The van der Waals surface area contributed by atoms with Gasteiger partial charge in [0.2, 0.25) is 0 Å². The van der Waals surface area contributed by atoms with Gasteiger partial charge >= 0.3 is 6.03 Å². The normalized spacial score (nSPS) is 15.8. The third-order valence-electron chi connectivity index (χ3n) is 4.96. The first-order valence-corrected chi connectivity index (χ1v) is 9.83. The Labute approximate surface area is 177 Å². The lowest BCUT2D eigenvalue weighted by molar-refractivity contribution is 0.200. The number of aromatic amines is 1. The predicted molar refractivity (Wildman–Crippen MR) is 118 cm³/mol. The van der Waals surface area contributed by atoms with Gasteiger partial charge in [0.15, 0.2) is 5.96 Å². The van der Waals surface area contributed by atoms with Gasteiger partial charge in [-0.3, -0.25) is 4.99 Å². The SMILES string of the molecule is NC(N)=NCC1CN(C(=O)Nc2ccc(Cl)cc2)Cc2[nH]c3ccc(Cl)cc3c21. The smallest absolute Gasteiger partial charge is 0.322 e. The molecule has 1 aliphatic rings. The lowest BCUT2D eigenvalue weighted by Crippen LogP contribution is -2.41. The van der Waals surface area contributed by atoms with Crippen LogP contribution in [0.5, 0.6) is 0 Å². The molecular weight excluding hydrogens is 411 g/mol. The number of anilines is 1. The number of nitrogens with zero attached hydrogens (tertiary/aromatic N) is 2. The molecule has 0 saturated heterocycles. The summed E-state index contributed by atoms with van der Waals surface area (Å²) >= 11 is 12.1. The second-order valence-electron chi connectivity index (χ2n) is 6.99. The van der Waals surface area contributed by atoms with E-state index in [0.29, 0.717) is 35.4 Å². The highest BCUT2D eigenvalue weighted by molar-refractivity contribution is 6.31. The van der Waals surface area contributed by atoms with Crippen molar-refractivity contribution in [2.24, 2.45) is 16.5 Å². The summed E-state index contributed by atoms with van der Waals surface area (Å²) in [5.74, 6) is -0.0452. The molecule has 0 spiro atoms. The standard InChI is InChI=1S/C20H20Cl2N6O/c21-12-1-4-14(5-2-12)26-20(29)28-9-11(8-25-19(23)24)18-15-7-13(22)3-6-16(15)27-17(18)10-28/h1-7,11,27H,8-10H2,(H,26,29)(H4,23,24,25). The molecule has 0 radical (unpaired) electrons. The summed E-state index contributed by atoms with van der Waals surface area (Å²) in [7, 11) is 0. The molecule has 2 aromatic carbocycles. The number of nitrogens with one attached hydrogen (secondary N) is 2. The van der Waals surface area contributed by atoms with E-state index >= 15 is 0 Å². The van der Waals surface area contributed by atoms with Gasteiger partial charge in [0.05, 0.1) is 13.1 Å². The summed E-state index contributed by atoms with van der Waals surface area (Å²) in [5.41, 5.74) is 14.8. The first-order valence-electron chi connectivity index (χ1n) is 9.07. The summed E-state index contributed by atoms with van der Waals surface area (Å²) in [6.45, 7) is 1.29. The number of hydrogen-bond acceptors (Lipinski definition) is 2. The Morgan fingerprint density at radius 3 is 2.62 bits per heavy atom. The molecule has 1 unspecified atom stereocenters. The molecule has 2 heterocycles. The summed E-state index contributed by atoms with van der Waals surface area (Å²) in [4.78, 5) is 22.2. The van der Waals surface area contributed by atoms with E-state index in [1.54, 1.807) is 29.2 Å². The lowest BCUT2D eigenvalue weighted by Gasteiger charge is -2.32. The van der Waals surface area contributed by atoms with Gasteiger partial charge in [0, 0.05) is 44.8 Å². The number of carbonyl (C=O) groups excluding carboxylic acids is 1. The van der Waals surface area contributed by atoms with Gasteiger partial charge < -0.3 is 26.7 Å². The molecule has 9 heteroatoms. The van der Waals surface area contributed by atoms with Crippen molar-refractivity contribution in [1.29, 1.82) is 0 Å². The fourth-order valence-corrected chi connectivity index (χ4v) is 4.00. The van der Waals surface area contributed by atoms with Crippen LogP contribution >= 0.6 is 23.2 Å². The molecule has 0 bridgehead atoms. The van der Waals surface area contributed by atoms with E-state index in [9.17, 15) is 4.79 Å². The molecule has 0 saturated carbocycles. The van der Waals surface area contributed by atoms with Crippen LogP contribution in [0.25, 0.3) is 10.9 Å². The summed E-state index contributed by atoms with van der Waals surface area (Å²) in [6, 6.07) is 12.5. The van der Waals surface area contributed by atoms with Crippen LogP contribution in [0.15, 0.2) is 47.5 Å². The second kappa shape index (κ2) is 7.85. The first kappa shape index (κ1) is 19.4. The van der Waals surface area contributed by atoms with Gasteiger partial charge in [-0.2, -0.15) is 0 Å². The fourth-order valence-electron chi connectivity index (χ4n) is 3.70. The molecule has 6 N–H and O–H groups in total. The van der Waals surface area contributed by atoms with Crippen LogP contribution in [0.2, 0.25) is 10.0 Å². The number of benzene rings is 2. The van der Waals surface area contributed by atoms with Crippen LogP contribution in [0.3, 0.4) is 0 Å². The van der Waals surface area contributed by atoms with Gasteiger partial charge in [-0.15, -0.1) is 0 Å². The zero-order valence-electron chi connectivity index (χ0n) is 15.5. The van der Waals surface area contributed by atoms with Gasteiger partial charge in [-0.05, 0) is 48.0 Å². The van der Waals surface area contributed by atoms with Crippen molar-refractivity contribution < 1.29 is 4.79 Å². The van der Waals surface area contributed by atoms with E-state index in [1.165, 1.54) is 0 Å². The minimum Gasteiger partial charge on any atom is -0.370 e. The number of nitrogens with two attached hydrogens (primary N) is 2. The zero-order valence-corrected chi connectivity index (χ0v) is 17.0. The van der Waals surface area contributed by atoms with Crippen molar-refractivity contribution in [1.82, 2.24) is 9.88 Å². The van der Waals surface area contributed by atoms with Crippen LogP contribution < -0.4 is 16.8 Å². The predicted octanol–water partition coefficient (Wildman–Crippen LogP) is 3.88. The molecule has 0 aliphatic carbocycles. The van der Waals surface area contributed by atoms with Crippen molar-refractivity contribution in [2.75, 3.05) is 18.4 Å². The molecule has 3 aromatic rings. The summed E-state index contributed by atoms with van der Waals surface area (Å²) < 4.78 is 0. The molecule has 0 fully saturated rings. The highest BCUT2D eigenvalue weighted by Gasteiger charge is 2.31. The molecule has 29 heavy (non-hydrogen) atoms. The fraction of sp³-hybridized carbons (Fsp3) is 0.200. The molecule has 1 aliphatic heterocycles. The van der Waals surface area contributed by atoms with E-state index < -0.39 is 0 Å². The maximum absolute atomic E-state index is 12.9. The topological polar surface area (TPSA) is 113 Å². The van der Waals surface area contributed by atoms with Gasteiger partial charge in [0.25, 0.3) is 0 Å². The Balaban J connectivity index is 1.65. The van der Waals surface area contributed by atoms with Crippen LogP contribution in [-0.4, -0.2) is 35.0 Å². The zero-order chi connectivity index (χ0) is 20.5. The van der Waals surface area contributed by atoms with Crippen LogP contribution in [-0.2, 0) is 6.54 Å². The molecule has 2 amide bonds. The van der Waals surface area contributed by atoms with Crippen molar-refractivity contribution in [3.8, 4) is 0 Å². The van der Waals surface area contributed by atoms with Crippen LogP contribution in [0.1, 0.15) is 17.2 Å². The van der Waals surface area contributed by atoms with Crippen molar-refractivity contribution >= 4 is 51.8 Å². The highest BCUT2D eigenvalue weighted by Crippen LogP contribution is 2.36. The first-order chi connectivity index (χ1) is 13.9. The van der Waals surface area contributed by atoms with Gasteiger partial charge in [-0.25, -0.2) is 4.79 Å². The number of urea groups is 1. The van der Waals surface area contributed by atoms with Gasteiger partial charge in [-0.1, -0.05) is 23.2 Å². The van der Waals surface area contributed by atoms with E-state index in [2.05, 4.69) is 15.3 Å². The maximum Gasteiger partial charge on any atom is 0.322 e. The number of H-pyrrole nitrogens is 1. The van der Waals surface area contributed by atoms with Crippen LogP contribution in [0.4, 0.5) is 10.5 Å². The lowest BCUT2D eigenvalue weighted by atomic mass is 9.92. The maximum atomic E-state index is 12.9. The van der Waals surface area contributed by atoms with Crippen molar-refractivity contribution in [3.05, 3.63) is 63.8 Å². The largest absolute Gasteiger partial charge is 0.370 e. The van der Waals surface area contributed by atoms with E-state index in [4.69, 9.17) is 34.7 Å². The Morgan fingerprint density at radius 2 is 1.90 bits per heavy atom.